The van der Waals surface area contributed by atoms with Gasteiger partial charge in [-0.3, -0.25) is 0 Å². The molecule has 1 saturated heterocycles. The predicted molar refractivity (Wildman–Crippen MR) is 80.6 cm³/mol. The Labute approximate surface area is 134 Å². The Morgan fingerprint density at radius 1 is 0.870 bits per heavy atom. The molecule has 2 nitrogen and oxygen atoms in total. The second-order valence-electron chi connectivity index (χ2n) is 8.48. The molecule has 6 heteroatoms. The van der Waals surface area contributed by atoms with Crippen molar-refractivity contribution in [1.29, 1.82) is 0 Å². The topological polar surface area (TPSA) is 18.5 Å². The minimum Gasteiger partial charge on any atom is -0.403 e. The summed E-state index contributed by atoms with van der Waals surface area (Å²) < 4.78 is 52.9. The van der Waals surface area contributed by atoms with Gasteiger partial charge in [0, 0.05) is 5.31 Å². The molecule has 5 rings (SSSR count). The van der Waals surface area contributed by atoms with E-state index in [-0.39, 0.29) is 23.4 Å². The molecule has 0 spiro atoms. The smallest absolute Gasteiger partial charge is 0.403 e. The van der Waals surface area contributed by atoms with Crippen molar-refractivity contribution in [2.45, 2.75) is 68.9 Å². The Morgan fingerprint density at radius 2 is 1.39 bits per heavy atom. The zero-order valence-corrected chi connectivity index (χ0v) is 13.8. The van der Waals surface area contributed by atoms with E-state index in [0.29, 0.717) is 19.3 Å². The van der Waals surface area contributed by atoms with Gasteiger partial charge in [0.25, 0.3) is 0 Å². The first-order valence-electron chi connectivity index (χ1n) is 8.02. The quantitative estimate of drug-likeness (QED) is 0.594. The molecule has 0 N–H and O–H groups in total. The SMILES string of the molecule is CC1(C)OB(C23CC(c4ccc(F)c(F)c4F)(C2)C3)OC1(C)C. The van der Waals surface area contributed by atoms with Gasteiger partial charge in [0.2, 0.25) is 0 Å². The zero-order chi connectivity index (χ0) is 16.8. The van der Waals surface area contributed by atoms with E-state index in [1.165, 1.54) is 6.07 Å². The number of hydrogen-bond donors (Lipinski definition) is 0. The van der Waals surface area contributed by atoms with Gasteiger partial charge in [-0.2, -0.15) is 0 Å². The lowest BCUT2D eigenvalue weighted by Gasteiger charge is -2.71. The van der Waals surface area contributed by atoms with Crippen LogP contribution in [0.1, 0.15) is 52.5 Å². The zero-order valence-electron chi connectivity index (χ0n) is 13.8. The highest BCUT2D eigenvalue weighted by Gasteiger charge is 2.77. The minimum atomic E-state index is -1.38. The van der Waals surface area contributed by atoms with Crippen molar-refractivity contribution in [2.75, 3.05) is 0 Å². The summed E-state index contributed by atoms with van der Waals surface area (Å²) in [6, 6.07) is 2.39. The van der Waals surface area contributed by atoms with Gasteiger partial charge in [0.15, 0.2) is 17.5 Å². The molecule has 1 aromatic carbocycles. The summed E-state index contributed by atoms with van der Waals surface area (Å²) >= 11 is 0. The summed E-state index contributed by atoms with van der Waals surface area (Å²) in [4.78, 5) is 0. The Balaban J connectivity index is 1.55. The van der Waals surface area contributed by atoms with Gasteiger partial charge in [-0.05, 0) is 64.0 Å². The maximum atomic E-state index is 14.1. The Kier molecular flexibility index (Phi) is 2.80. The third kappa shape index (κ3) is 1.79. The molecule has 1 aromatic rings. The van der Waals surface area contributed by atoms with Crippen LogP contribution in [-0.2, 0) is 14.7 Å². The molecular formula is C17H20BF3O2. The summed E-state index contributed by atoms with van der Waals surface area (Å²) in [7, 11) is -0.317. The lowest BCUT2D eigenvalue weighted by molar-refractivity contribution is -0.0411. The third-order valence-electron chi connectivity index (χ3n) is 6.43. The predicted octanol–water partition coefficient (Wildman–Crippen LogP) is 4.37. The van der Waals surface area contributed by atoms with Crippen LogP contribution >= 0.6 is 0 Å². The summed E-state index contributed by atoms with van der Waals surface area (Å²) in [6.07, 6.45) is 2.08. The fraction of sp³-hybridized carbons (Fsp3) is 0.647. The second-order valence-corrected chi connectivity index (χ2v) is 8.48. The molecule has 0 radical (unpaired) electrons. The van der Waals surface area contributed by atoms with Crippen molar-refractivity contribution in [3.63, 3.8) is 0 Å². The minimum absolute atomic E-state index is 0.123. The Hall–Kier alpha value is -1.01. The van der Waals surface area contributed by atoms with E-state index in [0.717, 1.165) is 6.07 Å². The fourth-order valence-corrected chi connectivity index (χ4v) is 4.43. The van der Waals surface area contributed by atoms with E-state index < -0.39 is 28.7 Å². The van der Waals surface area contributed by atoms with Gasteiger partial charge in [-0.25, -0.2) is 13.2 Å². The van der Waals surface area contributed by atoms with E-state index in [1.54, 1.807) is 0 Å². The standard InChI is InChI=1S/C17H20BF3O2/c1-14(2)15(3,4)23-18(22-14)17-7-16(8-17,9-17)10-5-6-11(19)13(21)12(10)20/h5-6H,7-9H2,1-4H3. The molecule has 0 aromatic heterocycles. The first-order valence-corrected chi connectivity index (χ1v) is 8.02. The molecule has 4 aliphatic rings. The highest BCUT2D eigenvalue weighted by atomic mass is 19.2. The third-order valence-corrected chi connectivity index (χ3v) is 6.43. The molecule has 0 amide bonds. The van der Waals surface area contributed by atoms with Crippen molar-refractivity contribution in [2.24, 2.45) is 0 Å². The molecule has 3 aliphatic carbocycles. The lowest BCUT2D eigenvalue weighted by atomic mass is 9.23. The number of rotatable bonds is 2. The normalized spacial score (nSPS) is 36.6. The van der Waals surface area contributed by atoms with Crippen LogP contribution < -0.4 is 0 Å². The van der Waals surface area contributed by atoms with E-state index >= 15 is 0 Å². The monoisotopic (exact) mass is 324 g/mol. The van der Waals surface area contributed by atoms with E-state index in [1.807, 2.05) is 27.7 Å². The first-order chi connectivity index (χ1) is 10.5. The van der Waals surface area contributed by atoms with Crippen molar-refractivity contribution in [3.05, 3.63) is 35.1 Å². The van der Waals surface area contributed by atoms with Crippen LogP contribution in [0.2, 0.25) is 5.31 Å². The summed E-state index contributed by atoms with van der Waals surface area (Å²) in [5.74, 6) is -3.57. The summed E-state index contributed by atoms with van der Waals surface area (Å²) in [5, 5.41) is -0.123. The summed E-state index contributed by atoms with van der Waals surface area (Å²) in [6.45, 7) is 8.01. The van der Waals surface area contributed by atoms with Crippen LogP contribution in [0.3, 0.4) is 0 Å². The molecule has 124 valence electrons. The molecule has 1 aliphatic heterocycles. The van der Waals surface area contributed by atoms with Gasteiger partial charge in [-0.15, -0.1) is 0 Å². The van der Waals surface area contributed by atoms with Crippen LogP contribution in [0.4, 0.5) is 13.2 Å². The molecular weight excluding hydrogens is 304 g/mol. The van der Waals surface area contributed by atoms with Crippen molar-refractivity contribution >= 4 is 7.12 Å². The fourth-order valence-electron chi connectivity index (χ4n) is 4.43. The first kappa shape index (κ1) is 15.5. The summed E-state index contributed by atoms with van der Waals surface area (Å²) in [5.41, 5.74) is -0.891. The molecule has 0 unspecified atom stereocenters. The molecule has 4 fully saturated rings. The van der Waals surface area contributed by atoms with Gasteiger partial charge < -0.3 is 9.31 Å². The lowest BCUT2D eigenvalue weighted by Crippen LogP contribution is -2.66. The van der Waals surface area contributed by atoms with Gasteiger partial charge in [-0.1, -0.05) is 6.07 Å². The maximum Gasteiger partial charge on any atom is 0.464 e. The molecule has 3 saturated carbocycles. The molecule has 1 heterocycles. The van der Waals surface area contributed by atoms with E-state index in [4.69, 9.17) is 9.31 Å². The van der Waals surface area contributed by atoms with Crippen LogP contribution in [0.5, 0.6) is 0 Å². The van der Waals surface area contributed by atoms with Crippen molar-refractivity contribution in [3.8, 4) is 0 Å². The average Bonchev–Trinajstić information content (AvgIpc) is 2.55. The molecule has 0 atom stereocenters. The van der Waals surface area contributed by atoms with Crippen molar-refractivity contribution in [1.82, 2.24) is 0 Å². The molecule has 23 heavy (non-hydrogen) atoms. The maximum absolute atomic E-state index is 14.1. The van der Waals surface area contributed by atoms with Crippen molar-refractivity contribution < 1.29 is 22.5 Å². The van der Waals surface area contributed by atoms with E-state index in [9.17, 15) is 13.2 Å². The van der Waals surface area contributed by atoms with E-state index in [2.05, 4.69) is 0 Å². The number of halogens is 3. The number of hydrogen-bond acceptors (Lipinski definition) is 2. The second kappa shape index (κ2) is 4.15. The average molecular weight is 324 g/mol. The van der Waals surface area contributed by atoms with Gasteiger partial charge in [0.05, 0.1) is 11.2 Å². The van der Waals surface area contributed by atoms with Crippen LogP contribution in [0.15, 0.2) is 12.1 Å². The van der Waals surface area contributed by atoms with Crippen LogP contribution in [0.25, 0.3) is 0 Å². The van der Waals surface area contributed by atoms with Gasteiger partial charge >= 0.3 is 7.12 Å². The largest absolute Gasteiger partial charge is 0.464 e. The van der Waals surface area contributed by atoms with Crippen LogP contribution in [0, 0.1) is 17.5 Å². The molecule has 2 bridgehead atoms. The highest BCUT2D eigenvalue weighted by molar-refractivity contribution is 6.51. The Morgan fingerprint density at radius 3 is 1.91 bits per heavy atom. The van der Waals surface area contributed by atoms with Gasteiger partial charge in [0.1, 0.15) is 0 Å². The van der Waals surface area contributed by atoms with Crippen LogP contribution in [-0.4, -0.2) is 18.3 Å². The highest BCUT2D eigenvalue weighted by Crippen LogP contribution is 2.81. The Bertz CT molecular complexity index is 666. The number of benzene rings is 1.